The lowest BCUT2D eigenvalue weighted by molar-refractivity contribution is -0.315. The van der Waals surface area contributed by atoms with Crippen LogP contribution < -0.4 is 0 Å². The van der Waals surface area contributed by atoms with E-state index in [0.29, 0.717) is 48.5 Å². The van der Waals surface area contributed by atoms with Gasteiger partial charge in [-0.15, -0.1) is 0 Å². The fourth-order valence-electron chi connectivity index (χ4n) is 10.9. The van der Waals surface area contributed by atoms with Crippen LogP contribution in [0.3, 0.4) is 0 Å². The van der Waals surface area contributed by atoms with Crippen LogP contribution >= 0.6 is 0 Å². The van der Waals surface area contributed by atoms with Crippen molar-refractivity contribution in [3.63, 3.8) is 0 Å². The fourth-order valence-corrected chi connectivity index (χ4v) is 10.9. The van der Waals surface area contributed by atoms with Crippen LogP contribution in [-0.2, 0) is 19.0 Å². The van der Waals surface area contributed by atoms with Crippen molar-refractivity contribution in [3.8, 4) is 0 Å². The summed E-state index contributed by atoms with van der Waals surface area (Å²) >= 11 is 0. The monoisotopic (exact) mass is 634 g/mol. The summed E-state index contributed by atoms with van der Waals surface area (Å²) in [6.45, 7) is 8.35. The van der Waals surface area contributed by atoms with Crippen LogP contribution in [0.5, 0.6) is 0 Å². The third kappa shape index (κ3) is 5.45. The average Bonchev–Trinajstić information content (AvgIpc) is 3.36. The fraction of sp³-hybridized carbons (Fsp3) is 0.857. The van der Waals surface area contributed by atoms with Gasteiger partial charge in [0.05, 0.1) is 18.8 Å². The number of hydrogen-bond acceptors (Lipinski definition) is 10. The van der Waals surface area contributed by atoms with Crippen molar-refractivity contribution in [3.05, 3.63) is 22.8 Å². The number of allylic oxidation sites excluding steroid dienone is 1. The number of aliphatic hydroxyl groups is 6. The Kier molecular flexibility index (Phi) is 9.37. The molecule has 15 atom stereocenters. The topological polar surface area (TPSA) is 166 Å². The lowest BCUT2D eigenvalue weighted by Crippen LogP contribution is -2.60. The number of esters is 1. The summed E-state index contributed by atoms with van der Waals surface area (Å²) < 4.78 is 17.7. The van der Waals surface area contributed by atoms with E-state index in [-0.39, 0.29) is 35.4 Å². The third-order valence-electron chi connectivity index (χ3n) is 13.5. The number of fused-ring (bicyclic) bond motifs is 5. The van der Waals surface area contributed by atoms with E-state index in [1.165, 1.54) is 5.57 Å². The molecule has 0 amide bonds. The maximum Gasteiger partial charge on any atom is 0.334 e. The van der Waals surface area contributed by atoms with Gasteiger partial charge in [0.1, 0.15) is 30.5 Å². The Hall–Kier alpha value is -1.37. The van der Waals surface area contributed by atoms with Gasteiger partial charge in [0, 0.05) is 36.9 Å². The molecule has 1 saturated heterocycles. The summed E-state index contributed by atoms with van der Waals surface area (Å²) in [5, 5.41) is 61.6. The zero-order chi connectivity index (χ0) is 32.4. The number of carbonyl (C=O) groups excluding carboxylic acids is 1. The van der Waals surface area contributed by atoms with Crippen molar-refractivity contribution in [2.75, 3.05) is 13.2 Å². The highest BCUT2D eigenvalue weighted by atomic mass is 16.7. The van der Waals surface area contributed by atoms with E-state index in [1.807, 2.05) is 6.92 Å². The summed E-state index contributed by atoms with van der Waals surface area (Å²) in [6.07, 6.45) is 1.74. The molecular weight excluding hydrogens is 580 g/mol. The minimum atomic E-state index is -1.50. The summed E-state index contributed by atoms with van der Waals surface area (Å²) in [5.74, 6) is 1.72. The van der Waals surface area contributed by atoms with Crippen LogP contribution in [0.15, 0.2) is 22.8 Å². The lowest BCUT2D eigenvalue weighted by Gasteiger charge is -2.60. The van der Waals surface area contributed by atoms with E-state index >= 15 is 0 Å². The molecule has 0 aromatic heterocycles. The Labute approximate surface area is 266 Å². The first-order valence-corrected chi connectivity index (χ1v) is 17.2. The van der Waals surface area contributed by atoms with E-state index in [2.05, 4.69) is 26.8 Å². The van der Waals surface area contributed by atoms with Crippen LogP contribution in [-0.4, -0.2) is 98.8 Å². The van der Waals surface area contributed by atoms with Crippen molar-refractivity contribution in [2.24, 2.45) is 40.4 Å². The molecule has 2 aliphatic heterocycles. The number of aliphatic hydroxyl groups excluding tert-OH is 6. The van der Waals surface area contributed by atoms with E-state index in [4.69, 9.17) is 14.2 Å². The van der Waals surface area contributed by atoms with Gasteiger partial charge in [0.15, 0.2) is 6.29 Å². The summed E-state index contributed by atoms with van der Waals surface area (Å²) in [7, 11) is 0. The lowest BCUT2D eigenvalue weighted by atomic mass is 9.46. The molecule has 6 rings (SSSR count). The largest absolute Gasteiger partial charge is 0.458 e. The maximum atomic E-state index is 12.8. The Morgan fingerprint density at radius 1 is 1.02 bits per heavy atom. The molecule has 254 valence electrons. The van der Waals surface area contributed by atoms with Crippen LogP contribution in [0.1, 0.15) is 85.5 Å². The molecule has 0 aromatic rings. The SMILES string of the molecule is CC1=C(CCO)C(=O)O[C@@H]([C@@H](C)[C@H]2CC[C@H]3[C@@H]4CC=C5C[C@@H](O[C@H]6O[C@@H](CO)[C@H](O)[C@@H](O)[C@H]6O)C[C@H](O)[C@]5(C)[C@H]4CC[C@]23C)C1. The van der Waals surface area contributed by atoms with E-state index in [0.717, 1.165) is 44.1 Å². The predicted octanol–water partition coefficient (Wildman–Crippen LogP) is 2.37. The van der Waals surface area contributed by atoms with Gasteiger partial charge in [0.2, 0.25) is 0 Å². The number of cyclic esters (lactones) is 1. The molecule has 0 aromatic carbocycles. The first-order chi connectivity index (χ1) is 21.3. The molecule has 45 heavy (non-hydrogen) atoms. The van der Waals surface area contributed by atoms with E-state index < -0.39 is 49.5 Å². The van der Waals surface area contributed by atoms with Gasteiger partial charge in [-0.25, -0.2) is 4.79 Å². The molecule has 10 heteroatoms. The first-order valence-electron chi connectivity index (χ1n) is 17.2. The van der Waals surface area contributed by atoms with Crippen LogP contribution in [0.2, 0.25) is 0 Å². The highest BCUT2D eigenvalue weighted by molar-refractivity contribution is 5.90. The smallest absolute Gasteiger partial charge is 0.334 e. The molecule has 4 fully saturated rings. The zero-order valence-corrected chi connectivity index (χ0v) is 27.2. The van der Waals surface area contributed by atoms with E-state index in [9.17, 15) is 35.4 Å². The number of carbonyl (C=O) groups is 1. The summed E-state index contributed by atoms with van der Waals surface area (Å²) in [6, 6.07) is 0. The van der Waals surface area contributed by atoms with Crippen molar-refractivity contribution in [1.29, 1.82) is 0 Å². The Morgan fingerprint density at radius 2 is 1.78 bits per heavy atom. The first kappa shape index (κ1) is 33.5. The molecular formula is C35H54O10. The van der Waals surface area contributed by atoms with Gasteiger partial charge in [-0.05, 0) is 80.5 Å². The van der Waals surface area contributed by atoms with Crippen molar-refractivity contribution >= 4 is 5.97 Å². The summed E-state index contributed by atoms with van der Waals surface area (Å²) in [5.41, 5.74) is 2.60. The minimum Gasteiger partial charge on any atom is -0.458 e. The van der Waals surface area contributed by atoms with Crippen LogP contribution in [0.25, 0.3) is 0 Å². The molecule has 6 N–H and O–H groups in total. The van der Waals surface area contributed by atoms with Crippen molar-refractivity contribution in [2.45, 2.75) is 135 Å². The van der Waals surface area contributed by atoms with Gasteiger partial charge in [-0.1, -0.05) is 38.0 Å². The Balaban J connectivity index is 1.16. The molecule has 6 aliphatic rings. The average molecular weight is 635 g/mol. The van der Waals surface area contributed by atoms with Crippen LogP contribution in [0.4, 0.5) is 0 Å². The quantitative estimate of drug-likeness (QED) is 0.181. The van der Waals surface area contributed by atoms with Gasteiger partial charge in [0.25, 0.3) is 0 Å². The van der Waals surface area contributed by atoms with Gasteiger partial charge < -0.3 is 44.8 Å². The molecule has 0 radical (unpaired) electrons. The molecule has 0 unspecified atom stereocenters. The maximum absolute atomic E-state index is 12.8. The third-order valence-corrected chi connectivity index (χ3v) is 13.5. The van der Waals surface area contributed by atoms with Gasteiger partial charge in [-0.2, -0.15) is 0 Å². The number of rotatable bonds is 7. The molecule has 4 aliphatic carbocycles. The highest BCUT2D eigenvalue weighted by Crippen LogP contribution is 2.67. The molecule has 0 spiro atoms. The molecule has 2 heterocycles. The zero-order valence-electron chi connectivity index (χ0n) is 27.2. The second-order valence-electron chi connectivity index (χ2n) is 15.5. The normalized spacial score (nSPS) is 49.0. The number of ether oxygens (including phenoxy) is 3. The second kappa shape index (κ2) is 12.6. The molecule has 10 nitrogen and oxygen atoms in total. The number of hydrogen-bond donors (Lipinski definition) is 6. The second-order valence-corrected chi connectivity index (χ2v) is 15.5. The van der Waals surface area contributed by atoms with Crippen LogP contribution in [0, 0.1) is 40.4 Å². The minimum absolute atomic E-state index is 0.0529. The standard InChI is InChI=1S/C35H54O10/c1-17-13-26(44-32(42)21(17)10-12-36)18(2)23-7-8-24-22-6-5-19-14-20(43-33-31(41)30(40)29(39)27(16-37)45-33)15-28(38)35(19,4)25(22)9-11-34(23,24)3/h5,18,20,22-31,33,36-41H,6-16H2,1-4H3/t18-,20+,22-,23+,24-,25-,26+,27-,28-,29-,30+,31+,33-,34+,35-/m0/s1. The highest BCUT2D eigenvalue weighted by Gasteiger charge is 2.62. The van der Waals surface area contributed by atoms with Gasteiger partial charge >= 0.3 is 5.97 Å². The van der Waals surface area contributed by atoms with Gasteiger partial charge in [-0.3, -0.25) is 0 Å². The molecule has 0 bridgehead atoms. The van der Waals surface area contributed by atoms with Crippen molar-refractivity contribution < 1.29 is 49.6 Å². The summed E-state index contributed by atoms with van der Waals surface area (Å²) in [4.78, 5) is 12.8. The van der Waals surface area contributed by atoms with Crippen molar-refractivity contribution in [1.82, 2.24) is 0 Å². The Morgan fingerprint density at radius 3 is 2.47 bits per heavy atom. The Bertz CT molecular complexity index is 1180. The molecule has 3 saturated carbocycles. The van der Waals surface area contributed by atoms with E-state index in [1.54, 1.807) is 0 Å². The predicted molar refractivity (Wildman–Crippen MR) is 163 cm³/mol.